The highest BCUT2D eigenvalue weighted by molar-refractivity contribution is 9.10. The van der Waals surface area contributed by atoms with Crippen molar-refractivity contribution in [1.82, 2.24) is 9.80 Å². The minimum absolute atomic E-state index is 0.149. The van der Waals surface area contributed by atoms with Crippen LogP contribution in [0.3, 0.4) is 0 Å². The van der Waals surface area contributed by atoms with Crippen LogP contribution in [0.25, 0.3) is 0 Å². The fourth-order valence-electron chi connectivity index (χ4n) is 2.69. The quantitative estimate of drug-likeness (QED) is 0.807. The lowest BCUT2D eigenvalue weighted by atomic mass is 10.0. The maximum Gasteiger partial charge on any atom is 0.0488 e. The molecule has 0 amide bonds. The van der Waals surface area contributed by atoms with Crippen molar-refractivity contribution in [3.05, 3.63) is 33.3 Å². The Labute approximate surface area is 136 Å². The van der Waals surface area contributed by atoms with Crippen LogP contribution in [0.2, 0.25) is 5.02 Å². The van der Waals surface area contributed by atoms with Gasteiger partial charge in [0.2, 0.25) is 0 Å². The van der Waals surface area contributed by atoms with Gasteiger partial charge in [0.1, 0.15) is 0 Å². The third kappa shape index (κ3) is 4.71. The highest BCUT2D eigenvalue weighted by Crippen LogP contribution is 2.30. The molecule has 0 saturated carbocycles. The van der Waals surface area contributed by atoms with Gasteiger partial charge in [-0.25, -0.2) is 0 Å². The highest BCUT2D eigenvalue weighted by atomic mass is 79.9. The summed E-state index contributed by atoms with van der Waals surface area (Å²) in [5.41, 5.74) is 7.13. The van der Waals surface area contributed by atoms with Crippen molar-refractivity contribution in [1.29, 1.82) is 0 Å². The first-order valence-electron chi connectivity index (χ1n) is 6.96. The van der Waals surface area contributed by atoms with Crippen molar-refractivity contribution in [2.24, 2.45) is 5.73 Å². The van der Waals surface area contributed by atoms with Crippen molar-refractivity contribution in [2.75, 3.05) is 33.7 Å². The van der Waals surface area contributed by atoms with Gasteiger partial charge in [-0.1, -0.05) is 40.5 Å². The van der Waals surface area contributed by atoms with Crippen LogP contribution in [0.5, 0.6) is 0 Å². The van der Waals surface area contributed by atoms with Crippen LogP contribution >= 0.6 is 27.5 Å². The van der Waals surface area contributed by atoms with Gasteiger partial charge in [0, 0.05) is 34.7 Å². The fourth-order valence-corrected chi connectivity index (χ4v) is 3.48. The van der Waals surface area contributed by atoms with Crippen molar-refractivity contribution < 1.29 is 0 Å². The van der Waals surface area contributed by atoms with Crippen LogP contribution < -0.4 is 5.73 Å². The lowest BCUT2D eigenvalue weighted by Crippen LogP contribution is -2.44. The van der Waals surface area contributed by atoms with E-state index in [0.29, 0.717) is 12.6 Å². The summed E-state index contributed by atoms with van der Waals surface area (Å²) >= 11 is 9.84. The Kier molecular flexibility index (Phi) is 7.48. The fraction of sp³-hybridized carbons (Fsp3) is 0.600. The molecule has 1 aromatic carbocycles. The SMILES string of the molecule is CCN(C(C)CN(C)C)C(CN)c1ccc(Br)cc1Cl. The second-order valence-corrected chi connectivity index (χ2v) is 6.68. The zero-order valence-corrected chi connectivity index (χ0v) is 15.1. The topological polar surface area (TPSA) is 32.5 Å². The van der Waals surface area contributed by atoms with Gasteiger partial charge in [-0.05, 0) is 45.3 Å². The summed E-state index contributed by atoms with van der Waals surface area (Å²) in [6.07, 6.45) is 0. The predicted octanol–water partition coefficient (Wildman–Crippen LogP) is 3.37. The second kappa shape index (κ2) is 8.35. The first-order chi connectivity index (χ1) is 9.40. The van der Waals surface area contributed by atoms with Gasteiger partial charge in [0.25, 0.3) is 0 Å². The van der Waals surface area contributed by atoms with E-state index in [1.54, 1.807) is 0 Å². The molecule has 20 heavy (non-hydrogen) atoms. The molecule has 5 heteroatoms. The summed E-state index contributed by atoms with van der Waals surface area (Å²) in [5, 5.41) is 0.769. The smallest absolute Gasteiger partial charge is 0.0488 e. The molecule has 3 nitrogen and oxygen atoms in total. The van der Waals surface area contributed by atoms with Gasteiger partial charge >= 0.3 is 0 Å². The normalized spacial score (nSPS) is 14.8. The first-order valence-corrected chi connectivity index (χ1v) is 8.13. The van der Waals surface area contributed by atoms with Crippen LogP contribution in [0.4, 0.5) is 0 Å². The number of hydrogen-bond donors (Lipinski definition) is 1. The molecule has 0 heterocycles. The Morgan fingerprint density at radius 3 is 2.45 bits per heavy atom. The molecule has 0 fully saturated rings. The summed E-state index contributed by atoms with van der Waals surface area (Å²) in [6, 6.07) is 6.59. The van der Waals surface area contributed by atoms with E-state index in [4.69, 9.17) is 17.3 Å². The molecular weight excluding hydrogens is 338 g/mol. The van der Waals surface area contributed by atoms with E-state index in [0.717, 1.165) is 28.1 Å². The third-order valence-electron chi connectivity index (χ3n) is 3.51. The summed E-state index contributed by atoms with van der Waals surface area (Å²) in [4.78, 5) is 4.61. The number of hydrogen-bond acceptors (Lipinski definition) is 3. The zero-order valence-electron chi connectivity index (χ0n) is 12.7. The summed E-state index contributed by atoms with van der Waals surface area (Å²) in [7, 11) is 4.18. The van der Waals surface area contributed by atoms with Crippen molar-refractivity contribution in [3.8, 4) is 0 Å². The Bertz CT molecular complexity index is 426. The Balaban J connectivity index is 3.02. The molecule has 0 radical (unpaired) electrons. The molecule has 0 aliphatic rings. The summed E-state index contributed by atoms with van der Waals surface area (Å²) < 4.78 is 0.992. The lowest BCUT2D eigenvalue weighted by molar-refractivity contribution is 0.131. The van der Waals surface area contributed by atoms with Crippen molar-refractivity contribution in [3.63, 3.8) is 0 Å². The van der Waals surface area contributed by atoms with Gasteiger partial charge < -0.3 is 10.6 Å². The second-order valence-electron chi connectivity index (χ2n) is 5.36. The van der Waals surface area contributed by atoms with Gasteiger partial charge in [-0.15, -0.1) is 0 Å². The van der Waals surface area contributed by atoms with E-state index in [-0.39, 0.29) is 6.04 Å². The maximum absolute atomic E-state index is 6.39. The third-order valence-corrected chi connectivity index (χ3v) is 4.33. The molecule has 0 saturated heterocycles. The molecule has 0 aliphatic heterocycles. The van der Waals surface area contributed by atoms with Crippen molar-refractivity contribution in [2.45, 2.75) is 25.9 Å². The van der Waals surface area contributed by atoms with E-state index < -0.39 is 0 Å². The van der Waals surface area contributed by atoms with Crippen LogP contribution in [0, 0.1) is 0 Å². The Morgan fingerprint density at radius 2 is 2.00 bits per heavy atom. The first kappa shape index (κ1) is 17.9. The molecule has 2 atom stereocenters. The van der Waals surface area contributed by atoms with Crippen LogP contribution in [0.15, 0.2) is 22.7 Å². The number of nitrogens with two attached hydrogens (primary N) is 1. The largest absolute Gasteiger partial charge is 0.329 e. The standard InChI is InChI=1S/C15H25BrClN3/c1-5-20(11(2)10-19(3)4)15(9-18)13-7-6-12(16)8-14(13)17/h6-8,11,15H,5,9-10,18H2,1-4H3. The summed E-state index contributed by atoms with van der Waals surface area (Å²) in [6.45, 7) is 6.91. The minimum atomic E-state index is 0.149. The van der Waals surface area contributed by atoms with Gasteiger partial charge in [-0.2, -0.15) is 0 Å². The lowest BCUT2D eigenvalue weighted by Gasteiger charge is -2.37. The molecular formula is C15H25BrClN3. The summed E-state index contributed by atoms with van der Waals surface area (Å²) in [5.74, 6) is 0. The van der Waals surface area contributed by atoms with E-state index in [1.165, 1.54) is 0 Å². The van der Waals surface area contributed by atoms with Gasteiger partial charge in [0.05, 0.1) is 0 Å². The average molecular weight is 363 g/mol. The molecule has 0 spiro atoms. The molecule has 2 N–H and O–H groups in total. The van der Waals surface area contributed by atoms with Crippen LogP contribution in [-0.2, 0) is 0 Å². The number of likely N-dealkylation sites (N-methyl/N-ethyl adjacent to an activating group) is 2. The molecule has 0 bridgehead atoms. The van der Waals surface area contributed by atoms with Crippen LogP contribution in [0.1, 0.15) is 25.5 Å². The molecule has 2 unspecified atom stereocenters. The maximum atomic E-state index is 6.39. The van der Waals surface area contributed by atoms with E-state index >= 15 is 0 Å². The Morgan fingerprint density at radius 1 is 1.35 bits per heavy atom. The predicted molar refractivity (Wildman–Crippen MR) is 91.3 cm³/mol. The van der Waals surface area contributed by atoms with Crippen LogP contribution in [-0.4, -0.2) is 49.6 Å². The van der Waals surface area contributed by atoms with E-state index in [1.807, 2.05) is 12.1 Å². The zero-order chi connectivity index (χ0) is 15.3. The molecule has 0 aliphatic carbocycles. The minimum Gasteiger partial charge on any atom is -0.329 e. The highest BCUT2D eigenvalue weighted by Gasteiger charge is 2.24. The number of rotatable bonds is 7. The molecule has 1 aromatic rings. The number of nitrogens with zero attached hydrogens (tertiary/aromatic N) is 2. The molecule has 0 aromatic heterocycles. The molecule has 114 valence electrons. The van der Waals surface area contributed by atoms with Crippen molar-refractivity contribution >= 4 is 27.5 Å². The number of benzene rings is 1. The molecule has 1 rings (SSSR count). The monoisotopic (exact) mass is 361 g/mol. The number of halogens is 2. The van der Waals surface area contributed by atoms with Gasteiger partial charge in [0.15, 0.2) is 0 Å². The average Bonchev–Trinajstić information content (AvgIpc) is 2.35. The van der Waals surface area contributed by atoms with E-state index in [9.17, 15) is 0 Å². The Hall–Kier alpha value is -0.130. The van der Waals surface area contributed by atoms with E-state index in [2.05, 4.69) is 59.7 Å². The van der Waals surface area contributed by atoms with Gasteiger partial charge in [-0.3, -0.25) is 4.90 Å².